The van der Waals surface area contributed by atoms with Crippen molar-refractivity contribution in [2.45, 2.75) is 24.7 Å². The van der Waals surface area contributed by atoms with E-state index in [0.717, 1.165) is 38.2 Å². The Morgan fingerprint density at radius 1 is 1.25 bits per heavy atom. The first-order valence-corrected chi connectivity index (χ1v) is 8.37. The second kappa shape index (κ2) is 5.71. The van der Waals surface area contributed by atoms with Crippen molar-refractivity contribution in [3.8, 4) is 0 Å². The minimum absolute atomic E-state index is 0.242. The lowest BCUT2D eigenvalue weighted by Gasteiger charge is -2.39. The molecule has 0 bridgehead atoms. The molecule has 0 radical (unpaired) electrons. The van der Waals surface area contributed by atoms with Gasteiger partial charge in [0.15, 0.2) is 0 Å². The number of nitrogens with two attached hydrogens (primary N) is 1. The van der Waals surface area contributed by atoms with Crippen molar-refractivity contribution >= 4 is 15.7 Å². The molecule has 1 fully saturated rings. The van der Waals surface area contributed by atoms with Gasteiger partial charge in [0.2, 0.25) is 10.0 Å². The first kappa shape index (κ1) is 15.3. The predicted octanol–water partition coefficient (Wildman–Crippen LogP) is 1.16. The van der Waals surface area contributed by atoms with Gasteiger partial charge in [-0.15, -0.1) is 0 Å². The van der Waals surface area contributed by atoms with Crippen LogP contribution in [-0.4, -0.2) is 35.1 Å². The van der Waals surface area contributed by atoms with Gasteiger partial charge in [-0.05, 0) is 56.1 Å². The highest BCUT2D eigenvalue weighted by atomic mass is 32.2. The third-order valence-corrected chi connectivity index (χ3v) is 5.67. The summed E-state index contributed by atoms with van der Waals surface area (Å²) in [6.45, 7) is 4.88. The lowest BCUT2D eigenvalue weighted by molar-refractivity contribution is 0.258. The van der Waals surface area contributed by atoms with Crippen LogP contribution in [0.2, 0.25) is 0 Å². The molecular weight excluding hydrogens is 274 g/mol. The van der Waals surface area contributed by atoms with Crippen LogP contribution in [0.1, 0.15) is 19.8 Å². The summed E-state index contributed by atoms with van der Waals surface area (Å²) in [6.07, 6.45) is 2.14. The van der Waals surface area contributed by atoms with E-state index in [2.05, 4.69) is 16.5 Å². The molecule has 5 nitrogen and oxygen atoms in total. The van der Waals surface area contributed by atoms with Gasteiger partial charge in [0, 0.05) is 18.8 Å². The predicted molar refractivity (Wildman–Crippen MR) is 81.3 cm³/mol. The van der Waals surface area contributed by atoms with Crippen LogP contribution in [0.5, 0.6) is 0 Å². The van der Waals surface area contributed by atoms with Gasteiger partial charge in [-0.2, -0.15) is 0 Å². The zero-order chi connectivity index (χ0) is 14.8. The molecule has 0 spiro atoms. The normalized spacial score (nSPS) is 19.1. The second-order valence-corrected chi connectivity index (χ2v) is 7.59. The third kappa shape index (κ3) is 3.13. The van der Waals surface area contributed by atoms with Crippen LogP contribution in [0, 0.1) is 5.41 Å². The van der Waals surface area contributed by atoms with E-state index in [1.807, 2.05) is 12.1 Å². The maximum absolute atomic E-state index is 11.7. The zero-order valence-corrected chi connectivity index (χ0v) is 12.9. The molecule has 0 amide bonds. The molecule has 20 heavy (non-hydrogen) atoms. The van der Waals surface area contributed by atoms with Crippen molar-refractivity contribution in [1.82, 2.24) is 4.72 Å². The van der Waals surface area contributed by atoms with Crippen molar-refractivity contribution in [3.05, 3.63) is 24.3 Å². The van der Waals surface area contributed by atoms with Crippen molar-refractivity contribution in [2.75, 3.05) is 31.6 Å². The monoisotopic (exact) mass is 297 g/mol. The molecule has 1 aliphatic heterocycles. The van der Waals surface area contributed by atoms with E-state index in [4.69, 9.17) is 5.73 Å². The average molecular weight is 297 g/mol. The summed E-state index contributed by atoms with van der Waals surface area (Å²) < 4.78 is 25.7. The summed E-state index contributed by atoms with van der Waals surface area (Å²) in [4.78, 5) is 2.58. The summed E-state index contributed by atoms with van der Waals surface area (Å²) in [5.41, 5.74) is 7.12. The molecule has 2 rings (SSSR count). The Hall–Kier alpha value is -1.11. The van der Waals surface area contributed by atoms with Gasteiger partial charge in [-0.3, -0.25) is 0 Å². The fourth-order valence-electron chi connectivity index (χ4n) is 2.46. The summed E-state index contributed by atoms with van der Waals surface area (Å²) in [5.74, 6) is 0. The summed E-state index contributed by atoms with van der Waals surface area (Å²) >= 11 is 0. The average Bonchev–Trinajstić information content (AvgIpc) is 2.48. The van der Waals surface area contributed by atoms with Crippen molar-refractivity contribution in [1.29, 1.82) is 0 Å². The maximum atomic E-state index is 11.7. The number of hydrogen-bond acceptors (Lipinski definition) is 4. The van der Waals surface area contributed by atoms with Crippen molar-refractivity contribution in [2.24, 2.45) is 11.1 Å². The number of sulfonamides is 1. The van der Waals surface area contributed by atoms with E-state index in [0.29, 0.717) is 4.90 Å². The molecule has 6 heteroatoms. The molecule has 1 aromatic carbocycles. The highest BCUT2D eigenvalue weighted by molar-refractivity contribution is 7.89. The number of anilines is 1. The number of piperidine rings is 1. The first-order valence-electron chi connectivity index (χ1n) is 6.89. The minimum atomic E-state index is -3.35. The van der Waals surface area contributed by atoms with E-state index >= 15 is 0 Å². The lowest BCUT2D eigenvalue weighted by atomic mass is 9.80. The smallest absolute Gasteiger partial charge is 0.240 e. The van der Waals surface area contributed by atoms with Crippen LogP contribution in [0.4, 0.5) is 5.69 Å². The Morgan fingerprint density at radius 2 is 1.80 bits per heavy atom. The number of nitrogens with one attached hydrogen (secondary N) is 1. The largest absolute Gasteiger partial charge is 0.371 e. The number of rotatable bonds is 4. The molecule has 1 aromatic rings. The molecule has 112 valence electrons. The van der Waals surface area contributed by atoms with Crippen molar-refractivity contribution < 1.29 is 8.42 Å². The van der Waals surface area contributed by atoms with Crippen molar-refractivity contribution in [3.63, 3.8) is 0 Å². The summed E-state index contributed by atoms with van der Waals surface area (Å²) in [6, 6.07) is 7.04. The highest BCUT2D eigenvalue weighted by Crippen LogP contribution is 2.32. The van der Waals surface area contributed by atoms with E-state index in [1.165, 1.54) is 7.05 Å². The van der Waals surface area contributed by atoms with Crippen LogP contribution in [0.15, 0.2) is 29.2 Å². The van der Waals surface area contributed by atoms with Gasteiger partial charge >= 0.3 is 0 Å². The molecule has 0 aliphatic carbocycles. The molecule has 3 N–H and O–H groups in total. The molecule has 1 saturated heterocycles. The SMILES string of the molecule is CNS(=O)(=O)c1ccc(N2CCC(C)(CN)CC2)cc1. The Labute approximate surface area is 121 Å². The number of benzene rings is 1. The molecule has 0 atom stereocenters. The maximum Gasteiger partial charge on any atom is 0.240 e. The van der Waals surface area contributed by atoms with Crippen LogP contribution in [0.25, 0.3) is 0 Å². The molecule has 1 heterocycles. The molecule has 0 unspecified atom stereocenters. The van der Waals surface area contributed by atoms with E-state index in [-0.39, 0.29) is 5.41 Å². The van der Waals surface area contributed by atoms with E-state index < -0.39 is 10.0 Å². The summed E-state index contributed by atoms with van der Waals surface area (Å²) in [7, 11) is -1.94. The quantitative estimate of drug-likeness (QED) is 0.874. The minimum Gasteiger partial charge on any atom is -0.371 e. The van der Waals surface area contributed by atoms with Crippen LogP contribution in [0.3, 0.4) is 0 Å². The Balaban J connectivity index is 2.09. The molecule has 1 aliphatic rings. The van der Waals surface area contributed by atoms with Crippen LogP contribution in [-0.2, 0) is 10.0 Å². The molecular formula is C14H23N3O2S. The highest BCUT2D eigenvalue weighted by Gasteiger charge is 2.28. The standard InChI is InChI=1S/C14H23N3O2S/c1-14(11-15)7-9-17(10-8-14)12-3-5-13(6-4-12)20(18,19)16-2/h3-6,16H,7-11,15H2,1-2H3. The summed E-state index contributed by atoms with van der Waals surface area (Å²) in [5, 5.41) is 0. The van der Waals surface area contributed by atoms with E-state index in [1.54, 1.807) is 12.1 Å². The van der Waals surface area contributed by atoms with E-state index in [9.17, 15) is 8.42 Å². The Morgan fingerprint density at radius 3 is 2.25 bits per heavy atom. The van der Waals surface area contributed by atoms with Gasteiger partial charge in [0.05, 0.1) is 4.90 Å². The number of nitrogens with zero attached hydrogens (tertiary/aromatic N) is 1. The fourth-order valence-corrected chi connectivity index (χ4v) is 3.19. The second-order valence-electron chi connectivity index (χ2n) is 5.70. The van der Waals surface area contributed by atoms with Gasteiger partial charge in [-0.25, -0.2) is 13.1 Å². The number of hydrogen-bond donors (Lipinski definition) is 2. The van der Waals surface area contributed by atoms with Gasteiger partial charge in [0.1, 0.15) is 0 Å². The zero-order valence-electron chi connectivity index (χ0n) is 12.1. The Kier molecular flexibility index (Phi) is 4.36. The topological polar surface area (TPSA) is 75.4 Å². The van der Waals surface area contributed by atoms with Gasteiger partial charge < -0.3 is 10.6 Å². The fraction of sp³-hybridized carbons (Fsp3) is 0.571. The lowest BCUT2D eigenvalue weighted by Crippen LogP contribution is -2.42. The van der Waals surface area contributed by atoms with Gasteiger partial charge in [-0.1, -0.05) is 6.92 Å². The van der Waals surface area contributed by atoms with Crippen LogP contribution < -0.4 is 15.4 Å². The van der Waals surface area contributed by atoms with Gasteiger partial charge in [0.25, 0.3) is 0 Å². The molecule has 0 saturated carbocycles. The third-order valence-electron chi connectivity index (χ3n) is 4.24. The van der Waals surface area contributed by atoms with Crippen LogP contribution >= 0.6 is 0 Å². The molecule has 0 aromatic heterocycles. The Bertz CT molecular complexity index is 546. The first-order chi connectivity index (χ1) is 9.40.